The van der Waals surface area contributed by atoms with Crippen molar-refractivity contribution >= 4 is 33.0 Å². The van der Waals surface area contributed by atoms with Crippen molar-refractivity contribution < 1.29 is 0 Å². The Kier molecular flexibility index (Phi) is 3.77. The summed E-state index contributed by atoms with van der Waals surface area (Å²) in [4.78, 5) is 0. The van der Waals surface area contributed by atoms with Gasteiger partial charge in [0.15, 0.2) is 0 Å². The van der Waals surface area contributed by atoms with Crippen LogP contribution in [0.4, 0.5) is 0 Å². The highest BCUT2D eigenvalue weighted by molar-refractivity contribution is 6.88. The van der Waals surface area contributed by atoms with Crippen LogP contribution in [-0.2, 0) is 0 Å². The second kappa shape index (κ2) is 5.19. The second-order valence-corrected chi connectivity index (χ2v) is 19.5. The Bertz CT molecular complexity index is 762. The zero-order valence-electron chi connectivity index (χ0n) is 16.0. The van der Waals surface area contributed by atoms with E-state index in [1.54, 1.807) is 10.4 Å². The number of allylic oxidation sites excluding steroid dienone is 5. The highest BCUT2D eigenvalue weighted by atomic mass is 28.3. The van der Waals surface area contributed by atoms with Gasteiger partial charge >= 0.3 is 0 Å². The van der Waals surface area contributed by atoms with Crippen molar-refractivity contribution in [2.24, 2.45) is 5.92 Å². The van der Waals surface area contributed by atoms with E-state index in [0.717, 1.165) is 0 Å². The molecule has 0 heterocycles. The van der Waals surface area contributed by atoms with Gasteiger partial charge in [0, 0.05) is 0 Å². The number of hydrogen-bond donors (Lipinski definition) is 0. The largest absolute Gasteiger partial charge is 0.0780 e. The van der Waals surface area contributed by atoms with Crippen molar-refractivity contribution in [2.75, 3.05) is 0 Å². The molecule has 2 aliphatic rings. The fourth-order valence-corrected chi connectivity index (χ4v) is 6.16. The molecular formula is C21H30Si2. The Morgan fingerprint density at radius 3 is 2.09 bits per heavy atom. The van der Waals surface area contributed by atoms with Crippen LogP contribution in [0.3, 0.4) is 0 Å². The zero-order chi connectivity index (χ0) is 17.2. The normalized spacial score (nSPS) is 20.5. The fourth-order valence-electron chi connectivity index (χ4n) is 3.60. The summed E-state index contributed by atoms with van der Waals surface area (Å²) in [5.41, 5.74) is 7.44. The quantitative estimate of drug-likeness (QED) is 0.600. The Balaban J connectivity index is 2.20. The standard InChI is InChI=1S/C21H30Si2/c1-14-9-16(22(3,4)5)11-20-18(14)13-19-15(2)10-17(12-21(19)20)23(6,7)8/h9-14H,1-8H3. The van der Waals surface area contributed by atoms with Gasteiger partial charge < -0.3 is 0 Å². The van der Waals surface area contributed by atoms with E-state index in [9.17, 15) is 0 Å². The molecule has 0 fully saturated rings. The molecule has 0 nitrogen and oxygen atoms in total. The maximum absolute atomic E-state index is 2.52. The minimum absolute atomic E-state index is 0.541. The lowest BCUT2D eigenvalue weighted by Gasteiger charge is -2.27. The van der Waals surface area contributed by atoms with Crippen molar-refractivity contribution in [3.8, 4) is 0 Å². The lowest BCUT2D eigenvalue weighted by atomic mass is 9.89. The van der Waals surface area contributed by atoms with E-state index < -0.39 is 16.1 Å². The molecule has 0 amide bonds. The first-order valence-electron chi connectivity index (χ1n) is 8.80. The van der Waals surface area contributed by atoms with Crippen LogP contribution >= 0.6 is 0 Å². The van der Waals surface area contributed by atoms with E-state index in [1.165, 1.54) is 27.8 Å². The van der Waals surface area contributed by atoms with Crippen LogP contribution in [0.15, 0.2) is 35.1 Å². The van der Waals surface area contributed by atoms with E-state index in [-0.39, 0.29) is 0 Å². The predicted molar refractivity (Wildman–Crippen MR) is 111 cm³/mol. The van der Waals surface area contributed by atoms with Gasteiger partial charge in [-0.25, -0.2) is 0 Å². The SMILES string of the molecule is Cc1cc([Si](C)(C)C)cc2c1C=C1C2=CC([Si](C)(C)C)=CC1C. The fraction of sp³-hybridized carbons (Fsp3) is 0.429. The molecule has 1 aromatic rings. The second-order valence-electron chi connectivity index (χ2n) is 9.32. The number of benzene rings is 1. The first-order chi connectivity index (χ1) is 10.5. The molecule has 122 valence electrons. The maximum atomic E-state index is 2.52. The Hall–Kier alpha value is -1.13. The first-order valence-corrected chi connectivity index (χ1v) is 15.8. The van der Waals surface area contributed by atoms with Crippen LogP contribution in [0.5, 0.6) is 0 Å². The van der Waals surface area contributed by atoms with Crippen LogP contribution in [0.2, 0.25) is 39.3 Å². The molecule has 3 rings (SSSR count). The molecule has 1 unspecified atom stereocenters. The van der Waals surface area contributed by atoms with Crippen LogP contribution in [0.25, 0.3) is 11.6 Å². The zero-order valence-corrected chi connectivity index (χ0v) is 18.0. The van der Waals surface area contributed by atoms with Crippen LogP contribution in [-0.4, -0.2) is 16.1 Å². The molecule has 0 saturated heterocycles. The number of rotatable bonds is 2. The van der Waals surface area contributed by atoms with Gasteiger partial charge in [-0.1, -0.05) is 80.9 Å². The number of fused-ring (bicyclic) bond motifs is 3. The molecule has 2 aliphatic carbocycles. The molecular weight excluding hydrogens is 308 g/mol. The van der Waals surface area contributed by atoms with E-state index in [1.807, 2.05) is 0 Å². The van der Waals surface area contributed by atoms with Crippen LogP contribution in [0, 0.1) is 12.8 Å². The molecule has 2 heteroatoms. The lowest BCUT2D eigenvalue weighted by molar-refractivity contribution is 0.897. The van der Waals surface area contributed by atoms with Gasteiger partial charge in [0.25, 0.3) is 0 Å². The van der Waals surface area contributed by atoms with Gasteiger partial charge in [-0.2, -0.15) is 0 Å². The third-order valence-electron chi connectivity index (χ3n) is 5.24. The molecule has 0 spiro atoms. The predicted octanol–water partition coefficient (Wildman–Crippen LogP) is 5.77. The molecule has 23 heavy (non-hydrogen) atoms. The summed E-state index contributed by atoms with van der Waals surface area (Å²) >= 11 is 0. The van der Waals surface area contributed by atoms with Crippen molar-refractivity contribution in [1.82, 2.24) is 0 Å². The minimum Gasteiger partial charge on any atom is -0.0780 e. The van der Waals surface area contributed by atoms with E-state index >= 15 is 0 Å². The van der Waals surface area contributed by atoms with Crippen molar-refractivity contribution in [3.63, 3.8) is 0 Å². The molecule has 0 bridgehead atoms. The van der Waals surface area contributed by atoms with Crippen molar-refractivity contribution in [1.29, 1.82) is 0 Å². The maximum Gasteiger partial charge on any atom is 0.0776 e. The monoisotopic (exact) mass is 338 g/mol. The van der Waals surface area contributed by atoms with E-state index in [2.05, 4.69) is 83.5 Å². The summed E-state index contributed by atoms with van der Waals surface area (Å²) in [6.45, 7) is 19.4. The molecule has 0 aromatic heterocycles. The summed E-state index contributed by atoms with van der Waals surface area (Å²) in [6, 6.07) is 4.95. The first kappa shape index (κ1) is 16.7. The molecule has 0 radical (unpaired) electrons. The van der Waals surface area contributed by atoms with Gasteiger partial charge in [-0.15, -0.1) is 0 Å². The summed E-state index contributed by atoms with van der Waals surface area (Å²) in [5.74, 6) is 0.541. The summed E-state index contributed by atoms with van der Waals surface area (Å²) in [6.07, 6.45) is 7.48. The van der Waals surface area contributed by atoms with Crippen LogP contribution < -0.4 is 5.19 Å². The Morgan fingerprint density at radius 2 is 1.52 bits per heavy atom. The van der Waals surface area contributed by atoms with Gasteiger partial charge in [-0.3, -0.25) is 0 Å². The summed E-state index contributed by atoms with van der Waals surface area (Å²) < 4.78 is 0. The third-order valence-corrected chi connectivity index (χ3v) is 9.30. The lowest BCUT2D eigenvalue weighted by Crippen LogP contribution is -2.38. The van der Waals surface area contributed by atoms with Crippen molar-refractivity contribution in [3.05, 3.63) is 51.7 Å². The average Bonchev–Trinajstić information content (AvgIpc) is 2.77. The van der Waals surface area contributed by atoms with Gasteiger partial charge in [0.1, 0.15) is 0 Å². The Morgan fingerprint density at radius 1 is 0.870 bits per heavy atom. The topological polar surface area (TPSA) is 0 Å². The van der Waals surface area contributed by atoms with E-state index in [4.69, 9.17) is 0 Å². The Labute approximate surface area is 144 Å². The molecule has 0 saturated carbocycles. The average molecular weight is 339 g/mol. The molecule has 0 aliphatic heterocycles. The van der Waals surface area contributed by atoms with Crippen molar-refractivity contribution in [2.45, 2.75) is 53.1 Å². The highest BCUT2D eigenvalue weighted by Crippen LogP contribution is 2.45. The van der Waals surface area contributed by atoms with Gasteiger partial charge in [0.05, 0.1) is 16.1 Å². The number of hydrogen-bond acceptors (Lipinski definition) is 0. The third kappa shape index (κ3) is 2.87. The molecule has 1 atom stereocenters. The summed E-state index contributed by atoms with van der Waals surface area (Å²) in [7, 11) is -2.57. The minimum atomic E-state index is -1.29. The van der Waals surface area contributed by atoms with Gasteiger partial charge in [-0.05, 0) is 46.8 Å². The smallest absolute Gasteiger partial charge is 0.0776 e. The highest BCUT2D eigenvalue weighted by Gasteiger charge is 2.31. The summed E-state index contributed by atoms with van der Waals surface area (Å²) in [5, 5.41) is 3.20. The van der Waals surface area contributed by atoms with Crippen LogP contribution in [0.1, 0.15) is 23.6 Å². The molecule has 0 N–H and O–H groups in total. The number of aryl methyl sites for hydroxylation is 1. The molecule has 1 aromatic carbocycles. The van der Waals surface area contributed by atoms with Gasteiger partial charge in [0.2, 0.25) is 0 Å². The van der Waals surface area contributed by atoms with E-state index in [0.29, 0.717) is 5.92 Å².